The molecule has 1 aliphatic rings. The van der Waals surface area contributed by atoms with Crippen LogP contribution in [0.3, 0.4) is 0 Å². The Bertz CT molecular complexity index is 198. The van der Waals surface area contributed by atoms with Gasteiger partial charge in [0.2, 0.25) is 0 Å². The first-order chi connectivity index (χ1) is 7.26. The zero-order valence-corrected chi connectivity index (χ0v) is 8.98. The Balaban J connectivity index is 2.07. The van der Waals surface area contributed by atoms with Crippen LogP contribution >= 0.6 is 0 Å². The molecule has 1 aliphatic heterocycles. The van der Waals surface area contributed by atoms with Gasteiger partial charge in [-0.05, 0) is 12.8 Å². The first-order valence-electron chi connectivity index (χ1n) is 5.47. The molecule has 0 aliphatic carbocycles. The highest BCUT2D eigenvalue weighted by atomic mass is 16.6. The molecule has 1 heterocycles. The number of aliphatic hydroxyl groups is 1. The Morgan fingerprint density at radius 3 is 2.80 bits per heavy atom. The van der Waals surface area contributed by atoms with Gasteiger partial charge in [-0.25, -0.2) is 0 Å². The van der Waals surface area contributed by atoms with Crippen LogP contribution in [0.1, 0.15) is 25.7 Å². The topological polar surface area (TPSA) is 83.4 Å². The molecule has 0 spiro atoms. The Labute approximate surface area is 89.5 Å². The second kappa shape index (κ2) is 6.76. The summed E-state index contributed by atoms with van der Waals surface area (Å²) in [4.78, 5) is 11.2. The summed E-state index contributed by atoms with van der Waals surface area (Å²) in [7, 11) is 0. The van der Waals surface area contributed by atoms with Crippen LogP contribution in [0.15, 0.2) is 0 Å². The largest absolute Gasteiger partial charge is 0.463 e. The third kappa shape index (κ3) is 4.59. The molecule has 0 amide bonds. The molecule has 1 rings (SSSR count). The molecule has 4 N–H and O–H groups in total. The molecular weight excluding hydrogens is 198 g/mol. The van der Waals surface area contributed by atoms with E-state index < -0.39 is 0 Å². The van der Waals surface area contributed by atoms with Crippen molar-refractivity contribution in [1.82, 2.24) is 0 Å². The number of aliphatic hydroxyl groups excluding tert-OH is 1. The number of esters is 1. The number of quaternary nitrogens is 1. The minimum atomic E-state index is -0.185. The van der Waals surface area contributed by atoms with Crippen molar-refractivity contribution in [2.45, 2.75) is 37.9 Å². The molecular formula is C10H20NO4+. The number of carbonyl (C=O) groups is 1. The quantitative estimate of drug-likeness (QED) is 0.565. The average Bonchev–Trinajstić information content (AvgIpc) is 2.71. The molecule has 2 atom stereocenters. The molecule has 0 unspecified atom stereocenters. The predicted octanol–water partition coefficient (Wildman–Crippen LogP) is -0.908. The number of rotatable bonds is 6. The van der Waals surface area contributed by atoms with Gasteiger partial charge in [0.1, 0.15) is 6.61 Å². The first-order valence-corrected chi connectivity index (χ1v) is 5.47. The van der Waals surface area contributed by atoms with Gasteiger partial charge in [0.15, 0.2) is 0 Å². The number of ether oxygens (including phenoxy) is 2. The van der Waals surface area contributed by atoms with Crippen molar-refractivity contribution in [2.24, 2.45) is 0 Å². The molecule has 5 nitrogen and oxygen atoms in total. The summed E-state index contributed by atoms with van der Waals surface area (Å²) in [6, 6.07) is 0. The van der Waals surface area contributed by atoms with Gasteiger partial charge in [-0.1, -0.05) is 0 Å². The van der Waals surface area contributed by atoms with Crippen LogP contribution in [-0.2, 0) is 14.3 Å². The lowest BCUT2D eigenvalue weighted by atomic mass is 10.2. The SMILES string of the molecule is [NH3+]CCCC(=O)OC[C@@H]1CC[C@@H](CO)O1. The van der Waals surface area contributed by atoms with Gasteiger partial charge in [0.05, 0.1) is 31.8 Å². The third-order valence-electron chi connectivity index (χ3n) is 2.46. The smallest absolute Gasteiger partial charge is 0.306 e. The van der Waals surface area contributed by atoms with Crippen LogP contribution in [0.5, 0.6) is 0 Å². The second-order valence-electron chi connectivity index (χ2n) is 3.78. The Morgan fingerprint density at radius 1 is 1.47 bits per heavy atom. The summed E-state index contributed by atoms with van der Waals surface area (Å²) < 4.78 is 10.5. The molecule has 0 radical (unpaired) electrons. The molecule has 0 aromatic carbocycles. The van der Waals surface area contributed by atoms with E-state index in [0.717, 1.165) is 25.8 Å². The summed E-state index contributed by atoms with van der Waals surface area (Å²) in [6.45, 7) is 1.11. The van der Waals surface area contributed by atoms with Gasteiger partial charge < -0.3 is 20.3 Å². The van der Waals surface area contributed by atoms with Crippen molar-refractivity contribution in [1.29, 1.82) is 0 Å². The summed E-state index contributed by atoms with van der Waals surface area (Å²) in [5.41, 5.74) is 3.66. The number of hydrogen-bond donors (Lipinski definition) is 2. The van der Waals surface area contributed by atoms with Crippen LogP contribution in [0, 0.1) is 0 Å². The lowest BCUT2D eigenvalue weighted by Gasteiger charge is -2.12. The van der Waals surface area contributed by atoms with Crippen molar-refractivity contribution in [3.63, 3.8) is 0 Å². The van der Waals surface area contributed by atoms with Crippen molar-refractivity contribution in [3.8, 4) is 0 Å². The van der Waals surface area contributed by atoms with Gasteiger partial charge in [0, 0.05) is 6.42 Å². The lowest BCUT2D eigenvalue weighted by Crippen LogP contribution is -2.50. The van der Waals surface area contributed by atoms with Crippen molar-refractivity contribution >= 4 is 5.97 Å². The zero-order chi connectivity index (χ0) is 11.1. The predicted molar refractivity (Wildman–Crippen MR) is 52.9 cm³/mol. The third-order valence-corrected chi connectivity index (χ3v) is 2.46. The van der Waals surface area contributed by atoms with Crippen molar-refractivity contribution in [2.75, 3.05) is 19.8 Å². The van der Waals surface area contributed by atoms with Crippen molar-refractivity contribution in [3.05, 3.63) is 0 Å². The van der Waals surface area contributed by atoms with E-state index in [0.29, 0.717) is 13.0 Å². The molecule has 5 heteroatoms. The number of hydrogen-bond acceptors (Lipinski definition) is 4. The molecule has 15 heavy (non-hydrogen) atoms. The standard InChI is InChI=1S/C10H19NO4/c11-5-1-2-10(13)14-7-9-4-3-8(6-12)15-9/h8-9,12H,1-7,11H2/p+1/t8-,9-/m0/s1. The minimum Gasteiger partial charge on any atom is -0.463 e. The Hall–Kier alpha value is -0.650. The van der Waals surface area contributed by atoms with Crippen LogP contribution in [-0.4, -0.2) is 43.0 Å². The fraction of sp³-hybridized carbons (Fsp3) is 0.900. The zero-order valence-electron chi connectivity index (χ0n) is 8.98. The highest BCUT2D eigenvalue weighted by Gasteiger charge is 2.25. The fourth-order valence-electron chi connectivity index (χ4n) is 1.56. The van der Waals surface area contributed by atoms with E-state index in [-0.39, 0.29) is 24.8 Å². The molecule has 1 saturated heterocycles. The maximum absolute atomic E-state index is 11.2. The lowest BCUT2D eigenvalue weighted by molar-refractivity contribution is -0.368. The maximum atomic E-state index is 11.2. The molecule has 1 fully saturated rings. The van der Waals surface area contributed by atoms with Crippen LogP contribution in [0.25, 0.3) is 0 Å². The van der Waals surface area contributed by atoms with E-state index in [1.807, 2.05) is 0 Å². The minimum absolute atomic E-state index is 0.0362. The van der Waals surface area contributed by atoms with Gasteiger partial charge >= 0.3 is 5.97 Å². The van der Waals surface area contributed by atoms with E-state index in [9.17, 15) is 4.79 Å². The van der Waals surface area contributed by atoms with Crippen molar-refractivity contribution < 1.29 is 25.1 Å². The van der Waals surface area contributed by atoms with Crippen LogP contribution < -0.4 is 5.73 Å². The summed E-state index contributed by atoms with van der Waals surface area (Å²) >= 11 is 0. The molecule has 0 aromatic rings. The van der Waals surface area contributed by atoms with E-state index in [4.69, 9.17) is 14.6 Å². The molecule has 0 saturated carbocycles. The van der Waals surface area contributed by atoms with E-state index in [1.165, 1.54) is 0 Å². The summed E-state index contributed by atoms with van der Waals surface area (Å²) in [5.74, 6) is -0.185. The van der Waals surface area contributed by atoms with E-state index in [2.05, 4.69) is 5.73 Å². The maximum Gasteiger partial charge on any atom is 0.306 e. The van der Waals surface area contributed by atoms with Crippen LogP contribution in [0.2, 0.25) is 0 Å². The van der Waals surface area contributed by atoms with Gasteiger partial charge in [-0.2, -0.15) is 0 Å². The first kappa shape index (κ1) is 12.4. The monoisotopic (exact) mass is 218 g/mol. The number of carbonyl (C=O) groups excluding carboxylic acids is 1. The summed E-state index contributed by atoms with van der Waals surface area (Å²) in [5, 5.41) is 8.84. The van der Waals surface area contributed by atoms with Gasteiger partial charge in [0.25, 0.3) is 0 Å². The van der Waals surface area contributed by atoms with Gasteiger partial charge in [-0.15, -0.1) is 0 Å². The molecule has 88 valence electrons. The van der Waals surface area contributed by atoms with E-state index in [1.54, 1.807) is 0 Å². The summed E-state index contributed by atoms with van der Waals surface area (Å²) in [6.07, 6.45) is 2.79. The molecule has 0 bridgehead atoms. The highest BCUT2D eigenvalue weighted by Crippen LogP contribution is 2.19. The highest BCUT2D eigenvalue weighted by molar-refractivity contribution is 5.69. The molecule has 0 aromatic heterocycles. The Kier molecular flexibility index (Phi) is 5.60. The van der Waals surface area contributed by atoms with Crippen LogP contribution in [0.4, 0.5) is 0 Å². The van der Waals surface area contributed by atoms with E-state index >= 15 is 0 Å². The second-order valence-corrected chi connectivity index (χ2v) is 3.78. The van der Waals surface area contributed by atoms with Gasteiger partial charge in [-0.3, -0.25) is 4.79 Å². The average molecular weight is 218 g/mol. The normalized spacial score (nSPS) is 25.5. The fourth-order valence-corrected chi connectivity index (χ4v) is 1.56. The Morgan fingerprint density at radius 2 is 2.20 bits per heavy atom.